The first kappa shape index (κ1) is 19.4. The highest BCUT2D eigenvalue weighted by atomic mass is 32.2. The van der Waals surface area contributed by atoms with Crippen LogP contribution in [0.25, 0.3) is 0 Å². The number of hydrogen-bond acceptors (Lipinski definition) is 5. The van der Waals surface area contributed by atoms with E-state index in [2.05, 4.69) is 0 Å². The smallest absolute Gasteiger partial charge is 0.251 e. The quantitative estimate of drug-likeness (QED) is 0.358. The molecule has 0 aliphatic carbocycles. The number of carbonyl (C=O) groups is 1. The summed E-state index contributed by atoms with van der Waals surface area (Å²) >= 11 is 2.71. The van der Waals surface area contributed by atoms with Crippen molar-refractivity contribution in [1.82, 2.24) is 4.90 Å². The first-order valence-electron chi connectivity index (χ1n) is 8.46. The summed E-state index contributed by atoms with van der Waals surface area (Å²) in [5.74, 6) is 0.0112. The monoisotopic (exact) mass is 400 g/mol. The van der Waals surface area contributed by atoms with Gasteiger partial charge in [-0.2, -0.15) is 16.1 Å². The van der Waals surface area contributed by atoms with E-state index in [0.29, 0.717) is 11.6 Å². The number of aliphatic hydroxyl groups is 1. The van der Waals surface area contributed by atoms with Crippen molar-refractivity contribution in [1.29, 1.82) is 0 Å². The highest BCUT2D eigenvalue weighted by molar-refractivity contribution is 7.99. The Hall–Kier alpha value is -2.35. The molecule has 0 saturated carbocycles. The van der Waals surface area contributed by atoms with Gasteiger partial charge in [0, 0.05) is 18.7 Å². The number of aromatic nitrogens is 1. The summed E-state index contributed by atoms with van der Waals surface area (Å²) in [7, 11) is 0. The van der Waals surface area contributed by atoms with Gasteiger partial charge in [0.2, 0.25) is 5.91 Å². The van der Waals surface area contributed by atoms with Crippen molar-refractivity contribution < 1.29 is 14.6 Å². The molecule has 2 aromatic heterocycles. The summed E-state index contributed by atoms with van der Waals surface area (Å²) in [6.07, 6.45) is 0.671. The molecule has 0 aliphatic rings. The Bertz CT molecular complexity index is 857. The highest BCUT2D eigenvalue weighted by Gasteiger charge is 2.20. The number of hydrogen-bond donors (Lipinski definition) is 1. The molecule has 0 fully saturated rings. The zero-order valence-electron chi connectivity index (χ0n) is 14.6. The Morgan fingerprint density at radius 3 is 2.67 bits per heavy atom. The minimum absolute atomic E-state index is 0.123. The van der Waals surface area contributed by atoms with Crippen molar-refractivity contribution in [2.24, 2.45) is 0 Å². The molecule has 1 N–H and O–H groups in total. The van der Waals surface area contributed by atoms with E-state index in [1.54, 1.807) is 23.1 Å². The van der Waals surface area contributed by atoms with Crippen LogP contribution in [0.2, 0.25) is 0 Å². The first-order chi connectivity index (χ1) is 13.1. The summed E-state index contributed by atoms with van der Waals surface area (Å²) < 4.78 is 0.750. The molecule has 0 radical (unpaired) electrons. The standard InChI is InChI=1S/C20H20N2O3S2/c23-18(17-9-11-26-14-17)13-21(12-16-6-2-1-3-7-16)19(24)15-27-20-8-4-5-10-22(20)25/h1-11,14,18,23H,12-13,15H2/t18-/m0/s1. The van der Waals surface area contributed by atoms with Gasteiger partial charge in [0.25, 0.3) is 5.03 Å². The first-order valence-corrected chi connectivity index (χ1v) is 10.4. The zero-order chi connectivity index (χ0) is 19.1. The van der Waals surface area contributed by atoms with Gasteiger partial charge in [-0.3, -0.25) is 4.79 Å². The van der Waals surface area contributed by atoms with Crippen molar-refractivity contribution in [3.63, 3.8) is 0 Å². The molecule has 3 rings (SSSR count). The number of thioether (sulfide) groups is 1. The van der Waals surface area contributed by atoms with Crippen LogP contribution in [0.5, 0.6) is 0 Å². The molecule has 0 aliphatic heterocycles. The Labute approximate surface area is 166 Å². The average molecular weight is 401 g/mol. The number of pyridine rings is 1. The van der Waals surface area contributed by atoms with E-state index in [4.69, 9.17) is 0 Å². The van der Waals surface area contributed by atoms with E-state index in [0.717, 1.165) is 15.9 Å². The number of aliphatic hydroxyl groups excluding tert-OH is 1. The fraction of sp³-hybridized carbons (Fsp3) is 0.200. The second kappa shape index (κ2) is 9.55. The molecule has 1 aromatic carbocycles. The lowest BCUT2D eigenvalue weighted by molar-refractivity contribution is -0.645. The van der Waals surface area contributed by atoms with Crippen molar-refractivity contribution in [3.8, 4) is 0 Å². The van der Waals surface area contributed by atoms with Crippen LogP contribution in [-0.2, 0) is 11.3 Å². The molecule has 3 aromatic rings. The van der Waals surface area contributed by atoms with Crippen molar-refractivity contribution >= 4 is 29.0 Å². The van der Waals surface area contributed by atoms with Gasteiger partial charge >= 0.3 is 0 Å². The molecule has 27 heavy (non-hydrogen) atoms. The maximum atomic E-state index is 12.8. The zero-order valence-corrected chi connectivity index (χ0v) is 16.2. The van der Waals surface area contributed by atoms with Crippen LogP contribution in [0, 0.1) is 5.21 Å². The van der Waals surface area contributed by atoms with E-state index in [1.165, 1.54) is 29.3 Å². The summed E-state index contributed by atoms with van der Waals surface area (Å²) in [6.45, 7) is 0.616. The third kappa shape index (κ3) is 5.56. The van der Waals surface area contributed by atoms with Crippen LogP contribution in [0.15, 0.2) is 76.6 Å². The maximum absolute atomic E-state index is 12.8. The Morgan fingerprint density at radius 1 is 1.19 bits per heavy atom. The van der Waals surface area contributed by atoms with Gasteiger partial charge < -0.3 is 15.2 Å². The van der Waals surface area contributed by atoms with E-state index in [9.17, 15) is 15.1 Å². The molecule has 2 heterocycles. The molecule has 1 atom stereocenters. The lowest BCUT2D eigenvalue weighted by Gasteiger charge is -2.25. The van der Waals surface area contributed by atoms with Crippen molar-refractivity contribution in [2.75, 3.05) is 12.3 Å². The molecule has 5 nitrogen and oxygen atoms in total. The van der Waals surface area contributed by atoms with Crippen LogP contribution in [0.1, 0.15) is 17.2 Å². The molecular weight excluding hydrogens is 380 g/mol. The maximum Gasteiger partial charge on any atom is 0.251 e. The third-order valence-corrected chi connectivity index (χ3v) is 5.73. The van der Waals surface area contributed by atoms with E-state index >= 15 is 0 Å². The normalized spacial score (nSPS) is 11.9. The Kier molecular flexibility index (Phi) is 6.86. The van der Waals surface area contributed by atoms with E-state index in [-0.39, 0.29) is 18.2 Å². The number of thiophene rings is 1. The van der Waals surface area contributed by atoms with Crippen LogP contribution in [0.4, 0.5) is 0 Å². The predicted molar refractivity (Wildman–Crippen MR) is 107 cm³/mol. The molecular formula is C20H20N2O3S2. The summed E-state index contributed by atoms with van der Waals surface area (Å²) in [6, 6.07) is 16.6. The van der Waals surface area contributed by atoms with Gasteiger partial charge in [-0.25, -0.2) is 0 Å². The van der Waals surface area contributed by atoms with Gasteiger partial charge in [0.15, 0.2) is 6.20 Å². The van der Waals surface area contributed by atoms with Gasteiger partial charge in [0.05, 0.1) is 18.4 Å². The second-order valence-corrected chi connectivity index (χ2v) is 7.76. The topological polar surface area (TPSA) is 67.5 Å². The number of rotatable bonds is 8. The lowest BCUT2D eigenvalue weighted by atomic mass is 10.1. The molecule has 0 bridgehead atoms. The van der Waals surface area contributed by atoms with Crippen molar-refractivity contribution in [3.05, 3.63) is 87.9 Å². The van der Waals surface area contributed by atoms with Gasteiger partial charge in [-0.15, -0.1) is 0 Å². The Balaban J connectivity index is 1.69. The SMILES string of the molecule is O=C(CSc1cccc[n+]1[O-])N(Cc1ccccc1)C[C@H](O)c1ccsc1. The molecule has 0 spiro atoms. The van der Waals surface area contributed by atoms with Gasteiger partial charge in [-0.05, 0) is 45.8 Å². The number of carbonyl (C=O) groups excluding carboxylic acids is 1. The average Bonchev–Trinajstić information content (AvgIpc) is 3.22. The van der Waals surface area contributed by atoms with Crippen LogP contribution < -0.4 is 4.73 Å². The molecule has 0 unspecified atom stereocenters. The molecule has 140 valence electrons. The largest absolute Gasteiger partial charge is 0.618 e. The number of nitrogens with zero attached hydrogens (tertiary/aromatic N) is 2. The van der Waals surface area contributed by atoms with Crippen LogP contribution in [-0.4, -0.2) is 28.2 Å². The second-order valence-electron chi connectivity index (χ2n) is 5.99. The van der Waals surface area contributed by atoms with E-state index in [1.807, 2.05) is 47.2 Å². The fourth-order valence-electron chi connectivity index (χ4n) is 2.59. The number of amides is 1. The summed E-state index contributed by atoms with van der Waals surface area (Å²) in [5, 5.41) is 26.5. The van der Waals surface area contributed by atoms with E-state index < -0.39 is 6.10 Å². The fourth-order valence-corrected chi connectivity index (χ4v) is 4.11. The molecule has 0 saturated heterocycles. The Morgan fingerprint density at radius 2 is 1.96 bits per heavy atom. The van der Waals surface area contributed by atoms with Gasteiger partial charge in [-0.1, -0.05) is 30.3 Å². The summed E-state index contributed by atoms with van der Waals surface area (Å²) in [4.78, 5) is 14.5. The van der Waals surface area contributed by atoms with Crippen LogP contribution in [0.3, 0.4) is 0 Å². The van der Waals surface area contributed by atoms with Gasteiger partial charge in [0.1, 0.15) is 0 Å². The highest BCUT2D eigenvalue weighted by Crippen LogP contribution is 2.20. The minimum atomic E-state index is -0.741. The predicted octanol–water partition coefficient (Wildman–Crippen LogP) is 3.24. The summed E-state index contributed by atoms with van der Waals surface area (Å²) in [5.41, 5.74) is 1.80. The minimum Gasteiger partial charge on any atom is -0.618 e. The van der Waals surface area contributed by atoms with Crippen molar-refractivity contribution in [2.45, 2.75) is 17.7 Å². The third-order valence-electron chi connectivity index (χ3n) is 4.02. The number of benzene rings is 1. The molecule has 7 heteroatoms. The molecule has 1 amide bonds. The van der Waals surface area contributed by atoms with Crippen LogP contribution >= 0.6 is 23.1 Å². The lowest BCUT2D eigenvalue weighted by Crippen LogP contribution is -2.36.